The number of esters is 1. The summed E-state index contributed by atoms with van der Waals surface area (Å²) in [7, 11) is 0. The van der Waals surface area contributed by atoms with Gasteiger partial charge in [0.15, 0.2) is 6.61 Å². The normalized spacial score (nSPS) is 14.0. The lowest BCUT2D eigenvalue weighted by atomic mass is 10.2. The second kappa shape index (κ2) is 8.38. The largest absolute Gasteiger partial charge is 0.482 e. The van der Waals surface area contributed by atoms with Crippen LogP contribution in [0.5, 0.6) is 11.5 Å². The summed E-state index contributed by atoms with van der Waals surface area (Å²) < 4.78 is 10.7. The Balaban J connectivity index is 1.48. The molecule has 0 unspecified atom stereocenters. The van der Waals surface area contributed by atoms with Crippen molar-refractivity contribution >= 4 is 17.6 Å². The highest BCUT2D eigenvalue weighted by Gasteiger charge is 2.18. The van der Waals surface area contributed by atoms with Crippen molar-refractivity contribution in [2.45, 2.75) is 6.92 Å². The van der Waals surface area contributed by atoms with E-state index in [0.29, 0.717) is 11.5 Å². The van der Waals surface area contributed by atoms with Gasteiger partial charge in [0.25, 0.3) is 0 Å². The standard InChI is InChI=1S/C20H22N2O4/c1-16(23)21-11-13-22(14-12-21)17-7-9-19(10-8-17)26-20(24)15-25-18-5-3-2-4-6-18/h2-10H,11-15H2,1H3. The van der Waals surface area contributed by atoms with E-state index in [1.165, 1.54) is 0 Å². The Morgan fingerprint density at radius 3 is 2.15 bits per heavy atom. The number of amides is 1. The Kier molecular flexibility index (Phi) is 5.73. The van der Waals surface area contributed by atoms with Crippen LogP contribution in [0.3, 0.4) is 0 Å². The van der Waals surface area contributed by atoms with Crippen LogP contribution in [0.4, 0.5) is 5.69 Å². The minimum absolute atomic E-state index is 0.115. The van der Waals surface area contributed by atoms with Gasteiger partial charge in [-0.15, -0.1) is 0 Å². The lowest BCUT2D eigenvalue weighted by Gasteiger charge is -2.35. The molecule has 2 aromatic rings. The highest BCUT2D eigenvalue weighted by atomic mass is 16.6. The van der Waals surface area contributed by atoms with Gasteiger partial charge in [-0.3, -0.25) is 4.79 Å². The van der Waals surface area contributed by atoms with Crippen molar-refractivity contribution < 1.29 is 19.1 Å². The van der Waals surface area contributed by atoms with Crippen LogP contribution < -0.4 is 14.4 Å². The van der Waals surface area contributed by atoms with Gasteiger partial charge in [-0.2, -0.15) is 0 Å². The van der Waals surface area contributed by atoms with Crippen LogP contribution >= 0.6 is 0 Å². The average molecular weight is 354 g/mol. The molecule has 0 N–H and O–H groups in total. The molecule has 6 heteroatoms. The van der Waals surface area contributed by atoms with Crippen molar-refractivity contribution in [3.63, 3.8) is 0 Å². The van der Waals surface area contributed by atoms with Crippen molar-refractivity contribution in [1.82, 2.24) is 4.90 Å². The first kappa shape index (κ1) is 17.8. The number of hydrogen-bond acceptors (Lipinski definition) is 5. The number of anilines is 1. The highest BCUT2D eigenvalue weighted by molar-refractivity contribution is 5.74. The minimum Gasteiger partial charge on any atom is -0.482 e. The minimum atomic E-state index is -0.448. The van der Waals surface area contributed by atoms with E-state index >= 15 is 0 Å². The van der Waals surface area contributed by atoms with E-state index in [9.17, 15) is 9.59 Å². The third-order valence-corrected chi connectivity index (χ3v) is 4.26. The molecule has 1 heterocycles. The molecule has 26 heavy (non-hydrogen) atoms. The number of rotatable bonds is 5. The van der Waals surface area contributed by atoms with Crippen molar-refractivity contribution in [3.05, 3.63) is 54.6 Å². The smallest absolute Gasteiger partial charge is 0.349 e. The van der Waals surface area contributed by atoms with E-state index in [0.717, 1.165) is 31.9 Å². The summed E-state index contributed by atoms with van der Waals surface area (Å²) in [6.45, 7) is 4.50. The zero-order valence-corrected chi connectivity index (χ0v) is 14.8. The first-order valence-corrected chi connectivity index (χ1v) is 8.61. The van der Waals surface area contributed by atoms with Gasteiger partial charge in [-0.05, 0) is 36.4 Å². The molecule has 1 aliphatic rings. The van der Waals surface area contributed by atoms with E-state index in [1.54, 1.807) is 31.2 Å². The van der Waals surface area contributed by atoms with Crippen LogP contribution in [-0.2, 0) is 9.59 Å². The Morgan fingerprint density at radius 1 is 0.885 bits per heavy atom. The Morgan fingerprint density at radius 2 is 1.54 bits per heavy atom. The number of nitrogens with zero attached hydrogens (tertiary/aromatic N) is 2. The van der Waals surface area contributed by atoms with Gasteiger partial charge in [-0.1, -0.05) is 18.2 Å². The number of hydrogen-bond donors (Lipinski definition) is 0. The van der Waals surface area contributed by atoms with Crippen molar-refractivity contribution in [2.75, 3.05) is 37.7 Å². The molecular formula is C20H22N2O4. The second-order valence-corrected chi connectivity index (χ2v) is 6.06. The second-order valence-electron chi connectivity index (χ2n) is 6.06. The number of benzene rings is 2. The summed E-state index contributed by atoms with van der Waals surface area (Å²) in [6, 6.07) is 16.5. The maximum absolute atomic E-state index is 11.9. The summed E-state index contributed by atoms with van der Waals surface area (Å²) in [5.74, 6) is 0.781. The molecule has 6 nitrogen and oxygen atoms in total. The average Bonchev–Trinajstić information content (AvgIpc) is 2.68. The van der Waals surface area contributed by atoms with Gasteiger partial charge in [0.2, 0.25) is 5.91 Å². The molecule has 1 saturated heterocycles. The molecule has 1 amide bonds. The third-order valence-electron chi connectivity index (χ3n) is 4.26. The first-order chi connectivity index (χ1) is 12.6. The van der Waals surface area contributed by atoms with Crippen LogP contribution in [0.25, 0.3) is 0 Å². The fourth-order valence-electron chi connectivity index (χ4n) is 2.82. The van der Waals surface area contributed by atoms with Crippen molar-refractivity contribution in [1.29, 1.82) is 0 Å². The summed E-state index contributed by atoms with van der Waals surface area (Å²) in [6.07, 6.45) is 0. The fraction of sp³-hybridized carbons (Fsp3) is 0.300. The predicted molar refractivity (Wildman–Crippen MR) is 98.5 cm³/mol. The molecule has 0 atom stereocenters. The van der Waals surface area contributed by atoms with E-state index in [2.05, 4.69) is 4.90 Å². The van der Waals surface area contributed by atoms with Gasteiger partial charge >= 0.3 is 5.97 Å². The van der Waals surface area contributed by atoms with Crippen LogP contribution in [-0.4, -0.2) is 49.6 Å². The van der Waals surface area contributed by atoms with E-state index < -0.39 is 5.97 Å². The van der Waals surface area contributed by atoms with Crippen LogP contribution in [0.1, 0.15) is 6.92 Å². The number of carbonyl (C=O) groups is 2. The van der Waals surface area contributed by atoms with E-state index in [-0.39, 0.29) is 12.5 Å². The van der Waals surface area contributed by atoms with Gasteiger partial charge in [0, 0.05) is 38.8 Å². The van der Waals surface area contributed by atoms with Crippen molar-refractivity contribution in [2.24, 2.45) is 0 Å². The van der Waals surface area contributed by atoms with Gasteiger partial charge in [-0.25, -0.2) is 4.79 Å². The molecule has 3 rings (SSSR count). The maximum atomic E-state index is 11.9. The molecule has 0 aromatic heterocycles. The van der Waals surface area contributed by atoms with E-state index in [4.69, 9.17) is 9.47 Å². The molecule has 0 radical (unpaired) electrons. The number of para-hydroxylation sites is 1. The highest BCUT2D eigenvalue weighted by Crippen LogP contribution is 2.21. The molecule has 0 saturated carbocycles. The number of ether oxygens (including phenoxy) is 2. The molecule has 0 spiro atoms. The van der Waals surface area contributed by atoms with Gasteiger partial charge < -0.3 is 19.3 Å². The molecule has 0 aliphatic carbocycles. The predicted octanol–water partition coefficient (Wildman–Crippen LogP) is 2.34. The first-order valence-electron chi connectivity index (χ1n) is 8.61. The molecule has 1 fully saturated rings. The van der Waals surface area contributed by atoms with Crippen LogP contribution in [0.2, 0.25) is 0 Å². The third kappa shape index (κ3) is 4.75. The van der Waals surface area contributed by atoms with Crippen LogP contribution in [0, 0.1) is 0 Å². The summed E-state index contributed by atoms with van der Waals surface area (Å²) in [5, 5.41) is 0. The zero-order valence-electron chi connectivity index (χ0n) is 14.8. The van der Waals surface area contributed by atoms with Crippen molar-refractivity contribution in [3.8, 4) is 11.5 Å². The monoisotopic (exact) mass is 354 g/mol. The Hall–Kier alpha value is -3.02. The maximum Gasteiger partial charge on any atom is 0.349 e. The SMILES string of the molecule is CC(=O)N1CCN(c2ccc(OC(=O)COc3ccccc3)cc2)CC1. The molecule has 1 aliphatic heterocycles. The summed E-state index contributed by atoms with van der Waals surface area (Å²) in [4.78, 5) is 27.3. The molecule has 2 aromatic carbocycles. The van der Waals surface area contributed by atoms with E-state index in [1.807, 2.05) is 35.2 Å². The lowest BCUT2D eigenvalue weighted by Crippen LogP contribution is -2.48. The zero-order chi connectivity index (χ0) is 18.4. The lowest BCUT2D eigenvalue weighted by molar-refractivity contribution is -0.136. The topological polar surface area (TPSA) is 59.1 Å². The van der Waals surface area contributed by atoms with Crippen LogP contribution in [0.15, 0.2) is 54.6 Å². The quantitative estimate of drug-likeness (QED) is 0.609. The van der Waals surface area contributed by atoms with Gasteiger partial charge in [0.05, 0.1) is 0 Å². The molecular weight excluding hydrogens is 332 g/mol. The Labute approximate surface area is 152 Å². The number of piperazine rings is 1. The van der Waals surface area contributed by atoms with Gasteiger partial charge in [0.1, 0.15) is 11.5 Å². The molecule has 0 bridgehead atoms. The Bertz CT molecular complexity index is 738. The molecule has 136 valence electrons. The summed E-state index contributed by atoms with van der Waals surface area (Å²) in [5.41, 5.74) is 1.05. The summed E-state index contributed by atoms with van der Waals surface area (Å²) >= 11 is 0. The fourth-order valence-corrected chi connectivity index (χ4v) is 2.82. The number of carbonyl (C=O) groups excluding carboxylic acids is 2.